The molecule has 0 bridgehead atoms. The fourth-order valence-electron chi connectivity index (χ4n) is 5.75. The summed E-state index contributed by atoms with van der Waals surface area (Å²) in [5.74, 6) is -0.547. The highest BCUT2D eigenvalue weighted by Gasteiger charge is 2.49. The topological polar surface area (TPSA) is 104 Å². The maximum Gasteiger partial charge on any atom is 0.229 e. The molecule has 8 heteroatoms. The quantitative estimate of drug-likeness (QED) is 0.374. The fourth-order valence-corrected chi connectivity index (χ4v) is 7.61. The monoisotopic (exact) mass is 512 g/mol. The molecule has 194 valence electrons. The Labute approximate surface area is 214 Å². The molecule has 2 amide bonds. The Morgan fingerprint density at radius 1 is 1.00 bits per heavy atom. The van der Waals surface area contributed by atoms with Crippen LogP contribution in [0.4, 0.5) is 0 Å². The van der Waals surface area contributed by atoms with Crippen LogP contribution in [0.25, 0.3) is 0 Å². The number of amides is 2. The molecule has 2 unspecified atom stereocenters. The summed E-state index contributed by atoms with van der Waals surface area (Å²) in [4.78, 5) is 23.5. The van der Waals surface area contributed by atoms with Crippen molar-refractivity contribution in [2.45, 2.75) is 63.5 Å². The number of hydrogen-bond donors (Lipinski definition) is 2. The molecule has 0 spiro atoms. The van der Waals surface area contributed by atoms with Crippen molar-refractivity contribution in [3.8, 4) is 0 Å². The SMILES string of the molecule is CC(CCCCS(=O)(=O)N1CCC[C@@H]1C(O)(c1ccccc1)c1ccccc1)C1CCC(=O)NC1=O. The Morgan fingerprint density at radius 2 is 1.61 bits per heavy atom. The van der Waals surface area contributed by atoms with E-state index >= 15 is 0 Å². The van der Waals surface area contributed by atoms with Crippen molar-refractivity contribution in [3.05, 3.63) is 71.8 Å². The third-order valence-corrected chi connectivity index (χ3v) is 9.71. The van der Waals surface area contributed by atoms with E-state index in [1.807, 2.05) is 67.6 Å². The summed E-state index contributed by atoms with van der Waals surface area (Å²) >= 11 is 0. The zero-order chi connectivity index (χ0) is 25.8. The Kier molecular flexibility index (Phi) is 8.27. The van der Waals surface area contributed by atoms with Crippen LogP contribution >= 0.6 is 0 Å². The van der Waals surface area contributed by atoms with Gasteiger partial charge in [-0.1, -0.05) is 74.0 Å². The highest BCUT2D eigenvalue weighted by atomic mass is 32.2. The number of nitrogens with one attached hydrogen (secondary N) is 1. The summed E-state index contributed by atoms with van der Waals surface area (Å²) in [6.45, 7) is 2.38. The van der Waals surface area contributed by atoms with Crippen molar-refractivity contribution in [1.82, 2.24) is 9.62 Å². The van der Waals surface area contributed by atoms with Gasteiger partial charge in [0, 0.05) is 18.9 Å². The Balaban J connectivity index is 1.44. The first-order chi connectivity index (χ1) is 17.2. The molecule has 2 aliphatic rings. The maximum absolute atomic E-state index is 13.5. The summed E-state index contributed by atoms with van der Waals surface area (Å²) in [6, 6.07) is 18.0. The number of benzene rings is 2. The van der Waals surface area contributed by atoms with Gasteiger partial charge in [-0.15, -0.1) is 0 Å². The Hall–Kier alpha value is -2.55. The number of unbranched alkanes of at least 4 members (excludes halogenated alkanes) is 1. The summed E-state index contributed by atoms with van der Waals surface area (Å²) in [5.41, 5.74) is -0.0884. The molecule has 4 rings (SSSR count). The molecule has 0 aromatic heterocycles. The molecule has 2 aromatic rings. The number of carbonyl (C=O) groups excluding carboxylic acids is 2. The molecule has 2 heterocycles. The van der Waals surface area contributed by atoms with Gasteiger partial charge in [0.2, 0.25) is 21.8 Å². The Bertz CT molecular complexity index is 1110. The summed E-state index contributed by atoms with van der Waals surface area (Å²) in [7, 11) is -3.60. The molecule has 2 aliphatic heterocycles. The van der Waals surface area contributed by atoms with Crippen LogP contribution in [0.15, 0.2) is 60.7 Å². The highest BCUT2D eigenvalue weighted by molar-refractivity contribution is 7.89. The van der Waals surface area contributed by atoms with Crippen LogP contribution in [0.5, 0.6) is 0 Å². The van der Waals surface area contributed by atoms with E-state index in [1.165, 1.54) is 4.31 Å². The third-order valence-electron chi connectivity index (χ3n) is 7.75. The van der Waals surface area contributed by atoms with Crippen molar-refractivity contribution in [3.63, 3.8) is 0 Å². The minimum Gasteiger partial charge on any atom is -0.379 e. The maximum atomic E-state index is 13.5. The lowest BCUT2D eigenvalue weighted by Gasteiger charge is -2.39. The van der Waals surface area contributed by atoms with Gasteiger partial charge in [0.1, 0.15) is 5.60 Å². The molecular formula is C28H36N2O5S. The zero-order valence-corrected chi connectivity index (χ0v) is 21.6. The largest absolute Gasteiger partial charge is 0.379 e. The van der Waals surface area contributed by atoms with E-state index < -0.39 is 21.7 Å². The van der Waals surface area contributed by atoms with Gasteiger partial charge >= 0.3 is 0 Å². The number of aliphatic hydroxyl groups is 1. The van der Waals surface area contributed by atoms with Gasteiger partial charge in [-0.25, -0.2) is 8.42 Å². The number of hydrogen-bond acceptors (Lipinski definition) is 5. The van der Waals surface area contributed by atoms with Crippen molar-refractivity contribution in [2.24, 2.45) is 11.8 Å². The van der Waals surface area contributed by atoms with Crippen molar-refractivity contribution >= 4 is 21.8 Å². The smallest absolute Gasteiger partial charge is 0.229 e. The van der Waals surface area contributed by atoms with Gasteiger partial charge in [0.25, 0.3) is 0 Å². The lowest BCUT2D eigenvalue weighted by Crippen LogP contribution is -2.51. The predicted molar refractivity (Wildman–Crippen MR) is 138 cm³/mol. The van der Waals surface area contributed by atoms with E-state index in [-0.39, 0.29) is 29.4 Å². The second kappa shape index (κ2) is 11.2. The second-order valence-electron chi connectivity index (χ2n) is 10.1. The van der Waals surface area contributed by atoms with Crippen LogP contribution in [0.3, 0.4) is 0 Å². The number of carbonyl (C=O) groups is 2. The van der Waals surface area contributed by atoms with E-state index in [2.05, 4.69) is 5.32 Å². The first-order valence-corrected chi connectivity index (χ1v) is 14.5. The predicted octanol–water partition coefficient (Wildman–Crippen LogP) is 3.58. The Morgan fingerprint density at radius 3 is 2.19 bits per heavy atom. The van der Waals surface area contributed by atoms with Crippen molar-refractivity contribution < 1.29 is 23.1 Å². The first kappa shape index (κ1) is 26.5. The molecule has 7 nitrogen and oxygen atoms in total. The van der Waals surface area contributed by atoms with E-state index in [0.29, 0.717) is 56.2 Å². The van der Waals surface area contributed by atoms with Gasteiger partial charge in [0.05, 0.1) is 11.8 Å². The first-order valence-electron chi connectivity index (χ1n) is 12.9. The lowest BCUT2D eigenvalue weighted by atomic mass is 9.79. The molecule has 3 atom stereocenters. The van der Waals surface area contributed by atoms with Gasteiger partial charge in [-0.2, -0.15) is 4.31 Å². The minimum atomic E-state index is -3.60. The zero-order valence-electron chi connectivity index (χ0n) is 20.8. The van der Waals surface area contributed by atoms with E-state index in [1.54, 1.807) is 0 Å². The molecule has 2 saturated heterocycles. The van der Waals surface area contributed by atoms with Gasteiger partial charge < -0.3 is 5.11 Å². The molecule has 2 fully saturated rings. The number of rotatable bonds is 10. The molecular weight excluding hydrogens is 476 g/mol. The highest BCUT2D eigenvalue weighted by Crippen LogP contribution is 2.41. The van der Waals surface area contributed by atoms with E-state index in [4.69, 9.17) is 0 Å². The van der Waals surface area contributed by atoms with Gasteiger partial charge in [0.15, 0.2) is 0 Å². The molecule has 0 aliphatic carbocycles. The standard InChI is InChI=1S/C28H36N2O5S/c1-21(24-17-18-26(31)29-27(24)32)11-8-9-20-36(34,35)30-19-10-16-25(30)28(33,22-12-4-2-5-13-22)23-14-6-3-7-15-23/h2-7,12-15,21,24-25,33H,8-11,16-20H2,1H3,(H,29,31,32)/t21?,24?,25-/m1/s1. The molecule has 2 aromatic carbocycles. The summed E-state index contributed by atoms with van der Waals surface area (Å²) < 4.78 is 28.5. The molecule has 0 saturated carbocycles. The number of nitrogens with zero attached hydrogens (tertiary/aromatic N) is 1. The van der Waals surface area contributed by atoms with Gasteiger partial charge in [-0.3, -0.25) is 14.9 Å². The van der Waals surface area contributed by atoms with Crippen LogP contribution in [-0.2, 0) is 25.2 Å². The van der Waals surface area contributed by atoms with E-state index in [9.17, 15) is 23.1 Å². The summed E-state index contributed by atoms with van der Waals surface area (Å²) in [5, 5.41) is 14.6. The second-order valence-corrected chi connectivity index (χ2v) is 12.2. The number of piperidine rings is 1. The average Bonchev–Trinajstić information content (AvgIpc) is 3.39. The average molecular weight is 513 g/mol. The van der Waals surface area contributed by atoms with Crippen molar-refractivity contribution in [1.29, 1.82) is 0 Å². The lowest BCUT2D eigenvalue weighted by molar-refractivity contribution is -0.137. The molecule has 0 radical (unpaired) electrons. The molecule has 36 heavy (non-hydrogen) atoms. The van der Waals surface area contributed by atoms with Crippen LogP contribution in [0, 0.1) is 11.8 Å². The normalized spacial score (nSPS) is 22.4. The van der Waals surface area contributed by atoms with Crippen LogP contribution in [0.2, 0.25) is 0 Å². The fraction of sp³-hybridized carbons (Fsp3) is 0.500. The minimum absolute atomic E-state index is 0.00519. The summed E-state index contributed by atoms with van der Waals surface area (Å²) in [6.07, 6.45) is 4.07. The molecule has 2 N–H and O–H groups in total. The third kappa shape index (κ3) is 5.56. The van der Waals surface area contributed by atoms with Crippen LogP contribution in [0.1, 0.15) is 63.0 Å². The van der Waals surface area contributed by atoms with Crippen LogP contribution < -0.4 is 5.32 Å². The number of sulfonamides is 1. The van der Waals surface area contributed by atoms with Crippen molar-refractivity contribution in [2.75, 3.05) is 12.3 Å². The van der Waals surface area contributed by atoms with Crippen LogP contribution in [-0.4, -0.2) is 48.0 Å². The number of imide groups is 1. The van der Waals surface area contributed by atoms with E-state index in [0.717, 1.165) is 6.42 Å². The van der Waals surface area contributed by atoms with Gasteiger partial charge in [-0.05, 0) is 49.1 Å².